The summed E-state index contributed by atoms with van der Waals surface area (Å²) in [6, 6.07) is 7.65. The molecule has 0 spiro atoms. The van der Waals surface area contributed by atoms with Gasteiger partial charge in [-0.1, -0.05) is 12.1 Å². The van der Waals surface area contributed by atoms with E-state index < -0.39 is 0 Å². The molecule has 2 heteroatoms. The van der Waals surface area contributed by atoms with Gasteiger partial charge in [0.05, 0.1) is 0 Å². The molecule has 1 aliphatic carbocycles. The minimum atomic E-state index is -0.144. The highest BCUT2D eigenvalue weighted by atomic mass is 19.1. The highest BCUT2D eigenvalue weighted by molar-refractivity contribution is 5.31. The number of fused-ring (bicyclic) bond motifs is 1. The summed E-state index contributed by atoms with van der Waals surface area (Å²) in [7, 11) is 0. The molecule has 2 bridgehead atoms. The van der Waals surface area contributed by atoms with Crippen LogP contribution in [0.5, 0.6) is 0 Å². The first-order valence-corrected chi connectivity index (χ1v) is 4.82. The molecule has 1 saturated carbocycles. The Labute approximate surface area is 77.0 Å². The van der Waals surface area contributed by atoms with Crippen LogP contribution < -0.4 is 5.32 Å². The second kappa shape index (κ2) is 2.32. The van der Waals surface area contributed by atoms with E-state index in [-0.39, 0.29) is 11.4 Å². The molecule has 0 radical (unpaired) electrons. The van der Waals surface area contributed by atoms with E-state index in [9.17, 15) is 4.39 Å². The number of hydrogen-bond acceptors (Lipinski definition) is 1. The molecule has 2 aliphatic heterocycles. The number of benzene rings is 1. The van der Waals surface area contributed by atoms with Gasteiger partial charge in [0.15, 0.2) is 0 Å². The van der Waals surface area contributed by atoms with E-state index in [1.54, 1.807) is 12.1 Å². The van der Waals surface area contributed by atoms with E-state index in [2.05, 4.69) is 5.32 Å². The summed E-state index contributed by atoms with van der Waals surface area (Å²) in [6.45, 7) is 0. The Morgan fingerprint density at radius 1 is 1.31 bits per heavy atom. The topological polar surface area (TPSA) is 12.0 Å². The van der Waals surface area contributed by atoms with Crippen molar-refractivity contribution in [2.75, 3.05) is 0 Å². The molecule has 1 aromatic carbocycles. The first-order valence-electron chi connectivity index (χ1n) is 4.82. The summed E-state index contributed by atoms with van der Waals surface area (Å²) < 4.78 is 12.7. The molecule has 4 rings (SSSR count). The molecule has 1 nitrogen and oxygen atoms in total. The van der Waals surface area contributed by atoms with Crippen LogP contribution >= 0.6 is 0 Å². The summed E-state index contributed by atoms with van der Waals surface area (Å²) in [5.41, 5.74) is 1.46. The van der Waals surface area contributed by atoms with E-state index in [1.807, 2.05) is 12.1 Å². The van der Waals surface area contributed by atoms with Gasteiger partial charge in [-0.15, -0.1) is 0 Å². The van der Waals surface area contributed by atoms with Crippen molar-refractivity contribution >= 4 is 0 Å². The second-order valence-corrected chi connectivity index (χ2v) is 4.17. The van der Waals surface area contributed by atoms with Crippen LogP contribution in [0.4, 0.5) is 4.39 Å². The number of hydrogen-bond donors (Lipinski definition) is 1. The van der Waals surface area contributed by atoms with Gasteiger partial charge in [-0.25, -0.2) is 4.39 Å². The predicted octanol–water partition coefficient (Wildman–Crippen LogP) is 2.18. The Hall–Kier alpha value is -0.890. The highest BCUT2D eigenvalue weighted by Gasteiger charge is 2.50. The zero-order valence-electron chi connectivity index (χ0n) is 7.39. The lowest BCUT2D eigenvalue weighted by Gasteiger charge is -2.40. The van der Waals surface area contributed by atoms with Crippen LogP contribution in [0.15, 0.2) is 24.3 Å². The van der Waals surface area contributed by atoms with Crippen molar-refractivity contribution in [1.29, 1.82) is 0 Å². The summed E-state index contributed by atoms with van der Waals surface area (Å²) >= 11 is 0. The van der Waals surface area contributed by atoms with Gasteiger partial charge in [-0.3, -0.25) is 0 Å². The van der Waals surface area contributed by atoms with E-state index in [0.717, 1.165) is 6.04 Å². The molecule has 0 amide bonds. The molecule has 1 N–H and O–H groups in total. The first-order chi connectivity index (χ1) is 6.28. The van der Waals surface area contributed by atoms with Crippen molar-refractivity contribution < 1.29 is 4.39 Å². The Kier molecular flexibility index (Phi) is 1.34. The van der Waals surface area contributed by atoms with Gasteiger partial charge in [-0.05, 0) is 37.0 Å². The van der Waals surface area contributed by atoms with Crippen LogP contribution in [0.3, 0.4) is 0 Å². The Bertz CT molecular complexity index is 319. The minimum absolute atomic E-state index is 0.144. The zero-order chi connectivity index (χ0) is 8.89. The number of halogens is 1. The van der Waals surface area contributed by atoms with Gasteiger partial charge in [0.1, 0.15) is 5.82 Å². The largest absolute Gasteiger partial charge is 0.304 e. The molecule has 3 fully saturated rings. The molecule has 13 heavy (non-hydrogen) atoms. The van der Waals surface area contributed by atoms with Crippen molar-refractivity contribution in [1.82, 2.24) is 5.32 Å². The molecule has 0 aromatic heterocycles. The molecular weight excluding hydrogens is 165 g/mol. The highest BCUT2D eigenvalue weighted by Crippen LogP contribution is 2.47. The Morgan fingerprint density at radius 2 is 2.00 bits per heavy atom. The molecule has 2 heterocycles. The van der Waals surface area contributed by atoms with Crippen LogP contribution in [0.2, 0.25) is 0 Å². The van der Waals surface area contributed by atoms with E-state index in [4.69, 9.17) is 0 Å². The summed E-state index contributed by atoms with van der Waals surface area (Å²) in [5.74, 6) is -0.144. The van der Waals surface area contributed by atoms with Gasteiger partial charge >= 0.3 is 0 Å². The van der Waals surface area contributed by atoms with Crippen LogP contribution in [0.25, 0.3) is 0 Å². The fourth-order valence-electron chi connectivity index (χ4n) is 2.67. The molecule has 2 saturated heterocycles. The minimum Gasteiger partial charge on any atom is -0.304 e. The number of rotatable bonds is 1. The molecule has 2 atom stereocenters. The van der Waals surface area contributed by atoms with Gasteiger partial charge in [0, 0.05) is 11.6 Å². The number of nitrogens with one attached hydrogen (secondary N) is 1. The van der Waals surface area contributed by atoms with Gasteiger partial charge < -0.3 is 5.32 Å². The third-order valence-electron chi connectivity index (χ3n) is 3.39. The van der Waals surface area contributed by atoms with Gasteiger partial charge in [0.25, 0.3) is 0 Å². The zero-order valence-corrected chi connectivity index (χ0v) is 7.39. The monoisotopic (exact) mass is 177 g/mol. The van der Waals surface area contributed by atoms with Gasteiger partial charge in [-0.2, -0.15) is 0 Å². The van der Waals surface area contributed by atoms with E-state index in [0.29, 0.717) is 0 Å². The second-order valence-electron chi connectivity index (χ2n) is 4.17. The Balaban J connectivity index is 1.96. The molecular formula is C11H12FN. The van der Waals surface area contributed by atoms with Crippen molar-refractivity contribution in [3.63, 3.8) is 0 Å². The van der Waals surface area contributed by atoms with Crippen molar-refractivity contribution in [2.45, 2.75) is 30.8 Å². The molecule has 2 unspecified atom stereocenters. The molecule has 68 valence electrons. The van der Waals surface area contributed by atoms with Crippen LogP contribution in [0, 0.1) is 5.82 Å². The molecule has 3 aliphatic rings. The maximum absolute atomic E-state index is 12.7. The van der Waals surface area contributed by atoms with Crippen LogP contribution in [-0.2, 0) is 5.54 Å². The van der Waals surface area contributed by atoms with Crippen LogP contribution in [-0.4, -0.2) is 6.04 Å². The smallest absolute Gasteiger partial charge is 0.123 e. The average Bonchev–Trinajstić information content (AvgIpc) is 2.63. The maximum Gasteiger partial charge on any atom is 0.123 e. The maximum atomic E-state index is 12.7. The summed E-state index contributed by atoms with van der Waals surface area (Å²) in [4.78, 5) is 0. The van der Waals surface area contributed by atoms with Crippen molar-refractivity contribution in [3.05, 3.63) is 35.6 Å². The van der Waals surface area contributed by atoms with Crippen LogP contribution in [0.1, 0.15) is 24.8 Å². The fourth-order valence-corrected chi connectivity index (χ4v) is 2.67. The standard InChI is InChI=1S/C11H12FN/c12-9-3-1-8(2-4-9)11-6-5-10(7-11)13-11/h1-4,10,13H,5-7H2. The third-order valence-corrected chi connectivity index (χ3v) is 3.39. The quantitative estimate of drug-likeness (QED) is 0.693. The summed E-state index contributed by atoms with van der Waals surface area (Å²) in [5, 5.41) is 3.54. The lowest BCUT2D eigenvalue weighted by molar-refractivity contribution is 0.225. The lowest BCUT2D eigenvalue weighted by Crippen LogP contribution is -2.53. The molecule has 1 aromatic rings. The summed E-state index contributed by atoms with van der Waals surface area (Å²) in [6.07, 6.45) is 3.72. The Morgan fingerprint density at radius 3 is 2.54 bits per heavy atom. The average molecular weight is 177 g/mol. The van der Waals surface area contributed by atoms with Crippen molar-refractivity contribution in [2.24, 2.45) is 0 Å². The SMILES string of the molecule is Fc1ccc(C23CCC(C2)N3)cc1. The fraction of sp³-hybridized carbons (Fsp3) is 0.455. The van der Waals surface area contributed by atoms with Crippen molar-refractivity contribution in [3.8, 4) is 0 Å². The van der Waals surface area contributed by atoms with Gasteiger partial charge in [0.2, 0.25) is 0 Å². The predicted molar refractivity (Wildman–Crippen MR) is 48.9 cm³/mol. The van der Waals surface area contributed by atoms with E-state index >= 15 is 0 Å². The first kappa shape index (κ1) is 7.51. The normalized spacial score (nSPS) is 35.9. The lowest BCUT2D eigenvalue weighted by atomic mass is 9.83. The van der Waals surface area contributed by atoms with E-state index in [1.165, 1.54) is 24.8 Å². The third kappa shape index (κ3) is 0.953.